The van der Waals surface area contributed by atoms with Gasteiger partial charge in [0.1, 0.15) is 0 Å². The van der Waals surface area contributed by atoms with E-state index in [9.17, 15) is 0 Å². The molecule has 0 saturated heterocycles. The summed E-state index contributed by atoms with van der Waals surface area (Å²) in [5.74, 6) is 0. The van der Waals surface area contributed by atoms with Gasteiger partial charge in [0, 0.05) is 49.3 Å². The molecule has 0 aromatic carbocycles. The SMILES string of the molecule is C1=CCN(c2ccncc2CNC2CC2)CC1. The molecule has 2 aliphatic rings. The van der Waals surface area contributed by atoms with Crippen LogP contribution in [0.5, 0.6) is 0 Å². The minimum Gasteiger partial charge on any atom is -0.367 e. The molecule has 0 atom stereocenters. The fraction of sp³-hybridized carbons (Fsp3) is 0.500. The third kappa shape index (κ3) is 2.67. The number of pyridine rings is 1. The van der Waals surface area contributed by atoms with E-state index >= 15 is 0 Å². The van der Waals surface area contributed by atoms with Crippen molar-refractivity contribution in [3.8, 4) is 0 Å². The Hall–Kier alpha value is -1.35. The molecular formula is C14H19N3. The van der Waals surface area contributed by atoms with E-state index in [1.807, 2.05) is 12.4 Å². The average molecular weight is 229 g/mol. The van der Waals surface area contributed by atoms with E-state index in [1.54, 1.807) is 0 Å². The van der Waals surface area contributed by atoms with Gasteiger partial charge in [0.15, 0.2) is 0 Å². The first-order valence-corrected chi connectivity index (χ1v) is 6.50. The topological polar surface area (TPSA) is 28.2 Å². The Bertz CT molecular complexity index is 410. The lowest BCUT2D eigenvalue weighted by Crippen LogP contribution is -2.28. The van der Waals surface area contributed by atoms with Gasteiger partial charge in [-0.05, 0) is 25.3 Å². The molecule has 17 heavy (non-hydrogen) atoms. The molecule has 3 rings (SSSR count). The van der Waals surface area contributed by atoms with Crippen LogP contribution in [0.4, 0.5) is 5.69 Å². The molecule has 1 aliphatic carbocycles. The van der Waals surface area contributed by atoms with Crippen molar-refractivity contribution in [3.63, 3.8) is 0 Å². The van der Waals surface area contributed by atoms with E-state index in [-0.39, 0.29) is 0 Å². The van der Waals surface area contributed by atoms with Gasteiger partial charge in [-0.3, -0.25) is 4.98 Å². The fourth-order valence-corrected chi connectivity index (χ4v) is 2.27. The van der Waals surface area contributed by atoms with Crippen molar-refractivity contribution in [2.45, 2.75) is 31.8 Å². The summed E-state index contributed by atoms with van der Waals surface area (Å²) >= 11 is 0. The monoisotopic (exact) mass is 229 g/mol. The number of aromatic nitrogens is 1. The molecule has 0 radical (unpaired) electrons. The lowest BCUT2D eigenvalue weighted by molar-refractivity contribution is 0.681. The van der Waals surface area contributed by atoms with E-state index in [1.165, 1.54) is 24.1 Å². The number of rotatable bonds is 4. The molecular weight excluding hydrogens is 210 g/mol. The highest BCUT2D eigenvalue weighted by molar-refractivity contribution is 5.53. The first kappa shape index (κ1) is 10.8. The molecule has 1 N–H and O–H groups in total. The summed E-state index contributed by atoms with van der Waals surface area (Å²) in [5, 5.41) is 3.57. The zero-order chi connectivity index (χ0) is 11.5. The normalized spacial score (nSPS) is 19.6. The third-order valence-electron chi connectivity index (χ3n) is 3.44. The second kappa shape index (κ2) is 4.88. The average Bonchev–Trinajstić information content (AvgIpc) is 3.22. The van der Waals surface area contributed by atoms with Gasteiger partial charge in [0.25, 0.3) is 0 Å². The molecule has 1 saturated carbocycles. The number of anilines is 1. The van der Waals surface area contributed by atoms with E-state index < -0.39 is 0 Å². The summed E-state index contributed by atoms with van der Waals surface area (Å²) in [7, 11) is 0. The standard InChI is InChI=1S/C14H19N3/c1-2-8-17(9-3-1)14-6-7-15-10-12(14)11-16-13-4-5-13/h1-2,6-7,10,13,16H,3-5,8-9,11H2. The molecule has 0 amide bonds. The summed E-state index contributed by atoms with van der Waals surface area (Å²) in [6, 6.07) is 2.90. The van der Waals surface area contributed by atoms with Gasteiger partial charge in [0.05, 0.1) is 0 Å². The highest BCUT2D eigenvalue weighted by Gasteiger charge is 2.21. The van der Waals surface area contributed by atoms with Crippen molar-refractivity contribution >= 4 is 5.69 Å². The number of hydrogen-bond donors (Lipinski definition) is 1. The summed E-state index contributed by atoms with van der Waals surface area (Å²) in [6.07, 6.45) is 12.2. The Morgan fingerprint density at radius 2 is 2.29 bits per heavy atom. The molecule has 3 heteroatoms. The van der Waals surface area contributed by atoms with Crippen molar-refractivity contribution in [1.82, 2.24) is 10.3 Å². The van der Waals surface area contributed by atoms with Crippen molar-refractivity contribution in [1.29, 1.82) is 0 Å². The predicted molar refractivity (Wildman–Crippen MR) is 70.1 cm³/mol. The summed E-state index contributed by atoms with van der Waals surface area (Å²) < 4.78 is 0. The Morgan fingerprint density at radius 3 is 3.06 bits per heavy atom. The summed E-state index contributed by atoms with van der Waals surface area (Å²) in [5.41, 5.74) is 2.67. The minimum atomic E-state index is 0.754. The molecule has 1 aromatic heterocycles. The van der Waals surface area contributed by atoms with E-state index in [2.05, 4.69) is 33.4 Å². The minimum absolute atomic E-state index is 0.754. The van der Waals surface area contributed by atoms with Gasteiger partial charge in [-0.1, -0.05) is 12.2 Å². The Balaban J connectivity index is 1.74. The van der Waals surface area contributed by atoms with Crippen LogP contribution in [-0.2, 0) is 6.54 Å². The van der Waals surface area contributed by atoms with Crippen LogP contribution in [0.2, 0.25) is 0 Å². The Kier molecular flexibility index (Phi) is 3.10. The molecule has 1 aromatic rings. The number of nitrogens with zero attached hydrogens (tertiary/aromatic N) is 2. The van der Waals surface area contributed by atoms with Crippen molar-refractivity contribution < 1.29 is 0 Å². The fourth-order valence-electron chi connectivity index (χ4n) is 2.27. The maximum absolute atomic E-state index is 4.25. The lowest BCUT2D eigenvalue weighted by atomic mass is 10.1. The first-order valence-electron chi connectivity index (χ1n) is 6.50. The van der Waals surface area contributed by atoms with Crippen LogP contribution < -0.4 is 10.2 Å². The maximum atomic E-state index is 4.25. The van der Waals surface area contributed by atoms with Gasteiger partial charge in [0.2, 0.25) is 0 Å². The van der Waals surface area contributed by atoms with Gasteiger partial charge in [-0.2, -0.15) is 0 Å². The van der Waals surface area contributed by atoms with Crippen LogP contribution in [0.25, 0.3) is 0 Å². The molecule has 3 nitrogen and oxygen atoms in total. The van der Waals surface area contributed by atoms with Crippen LogP contribution in [-0.4, -0.2) is 24.1 Å². The third-order valence-corrected chi connectivity index (χ3v) is 3.44. The second-order valence-electron chi connectivity index (χ2n) is 4.87. The molecule has 2 heterocycles. The maximum Gasteiger partial charge on any atom is 0.0445 e. The van der Waals surface area contributed by atoms with Gasteiger partial charge in [-0.15, -0.1) is 0 Å². The number of nitrogens with one attached hydrogen (secondary N) is 1. The zero-order valence-corrected chi connectivity index (χ0v) is 10.1. The summed E-state index contributed by atoms with van der Waals surface area (Å²) in [6.45, 7) is 3.10. The van der Waals surface area contributed by atoms with Crippen molar-refractivity contribution in [2.75, 3.05) is 18.0 Å². The molecule has 1 fully saturated rings. The van der Waals surface area contributed by atoms with Gasteiger partial charge < -0.3 is 10.2 Å². The van der Waals surface area contributed by atoms with Crippen LogP contribution in [0.3, 0.4) is 0 Å². The smallest absolute Gasteiger partial charge is 0.0445 e. The van der Waals surface area contributed by atoms with Crippen LogP contribution in [0, 0.1) is 0 Å². The predicted octanol–water partition coefficient (Wildman–Crippen LogP) is 2.10. The molecule has 0 bridgehead atoms. The quantitative estimate of drug-likeness (QED) is 0.801. The first-order chi connectivity index (χ1) is 8.43. The van der Waals surface area contributed by atoms with E-state index in [4.69, 9.17) is 0 Å². The lowest BCUT2D eigenvalue weighted by Gasteiger charge is -2.27. The van der Waals surface area contributed by atoms with Crippen molar-refractivity contribution in [3.05, 3.63) is 36.2 Å². The van der Waals surface area contributed by atoms with E-state index in [0.29, 0.717) is 0 Å². The van der Waals surface area contributed by atoms with Gasteiger partial charge in [-0.25, -0.2) is 0 Å². The van der Waals surface area contributed by atoms with E-state index in [0.717, 1.165) is 32.1 Å². The van der Waals surface area contributed by atoms with Crippen LogP contribution in [0.1, 0.15) is 24.8 Å². The highest BCUT2D eigenvalue weighted by Crippen LogP contribution is 2.24. The summed E-state index contributed by atoms with van der Waals surface area (Å²) in [4.78, 5) is 6.69. The molecule has 1 aliphatic heterocycles. The molecule has 90 valence electrons. The van der Waals surface area contributed by atoms with Gasteiger partial charge >= 0.3 is 0 Å². The second-order valence-corrected chi connectivity index (χ2v) is 4.87. The highest BCUT2D eigenvalue weighted by atomic mass is 15.1. The Morgan fingerprint density at radius 1 is 1.35 bits per heavy atom. The Labute approximate surface area is 103 Å². The van der Waals surface area contributed by atoms with Crippen molar-refractivity contribution in [2.24, 2.45) is 0 Å². The zero-order valence-electron chi connectivity index (χ0n) is 10.1. The molecule has 0 spiro atoms. The largest absolute Gasteiger partial charge is 0.367 e. The number of hydrogen-bond acceptors (Lipinski definition) is 3. The van der Waals surface area contributed by atoms with Crippen LogP contribution >= 0.6 is 0 Å². The van der Waals surface area contributed by atoms with Crippen LogP contribution in [0.15, 0.2) is 30.6 Å². The molecule has 0 unspecified atom stereocenters.